The van der Waals surface area contributed by atoms with Gasteiger partial charge in [0.1, 0.15) is 0 Å². The zero-order valence-corrected chi connectivity index (χ0v) is 20.2. The summed E-state index contributed by atoms with van der Waals surface area (Å²) in [5, 5.41) is 11.1. The molecule has 0 bridgehead atoms. The number of anilines is 1. The Morgan fingerprint density at radius 3 is 2.76 bits per heavy atom. The highest BCUT2D eigenvalue weighted by atomic mass is 127. The Kier molecular flexibility index (Phi) is 9.76. The summed E-state index contributed by atoms with van der Waals surface area (Å²) in [5.41, 5.74) is 3.90. The summed E-state index contributed by atoms with van der Waals surface area (Å²) in [4.78, 5) is 7.24. The molecule has 2 heterocycles. The maximum Gasteiger partial charge on any atom is 0.191 e. The van der Waals surface area contributed by atoms with Gasteiger partial charge in [0.2, 0.25) is 0 Å². The molecule has 1 aliphatic heterocycles. The summed E-state index contributed by atoms with van der Waals surface area (Å²) in [6, 6.07) is 9.11. The van der Waals surface area contributed by atoms with Crippen LogP contribution in [0.1, 0.15) is 50.3 Å². The fourth-order valence-electron chi connectivity index (χ4n) is 3.65. The van der Waals surface area contributed by atoms with E-state index in [-0.39, 0.29) is 30.0 Å². The van der Waals surface area contributed by atoms with Gasteiger partial charge < -0.3 is 15.5 Å². The van der Waals surface area contributed by atoms with Gasteiger partial charge in [-0.3, -0.25) is 9.67 Å². The zero-order valence-electron chi connectivity index (χ0n) is 17.9. The highest BCUT2D eigenvalue weighted by molar-refractivity contribution is 14.0. The van der Waals surface area contributed by atoms with Gasteiger partial charge >= 0.3 is 0 Å². The zero-order chi connectivity index (χ0) is 19.8. The predicted octanol–water partition coefficient (Wildman–Crippen LogP) is 3.89. The predicted molar refractivity (Wildman–Crippen MR) is 132 cm³/mol. The van der Waals surface area contributed by atoms with Crippen LogP contribution in [0.3, 0.4) is 0 Å². The lowest BCUT2D eigenvalue weighted by atomic mass is 10.1. The van der Waals surface area contributed by atoms with Crippen molar-refractivity contribution in [2.45, 2.75) is 45.6 Å². The third kappa shape index (κ3) is 7.21. The number of hydrogen-bond acceptors (Lipinski definition) is 3. The molecule has 2 N–H and O–H groups in total. The number of aryl methyl sites for hydroxylation is 2. The normalized spacial score (nSPS) is 15.1. The van der Waals surface area contributed by atoms with E-state index in [2.05, 4.69) is 64.9 Å². The Balaban J connectivity index is 0.00000300. The molecule has 0 radical (unpaired) electrons. The molecule has 1 aliphatic rings. The number of rotatable bonds is 8. The molecule has 6 nitrogen and oxygen atoms in total. The van der Waals surface area contributed by atoms with Crippen molar-refractivity contribution in [2.75, 3.05) is 31.1 Å². The number of benzene rings is 1. The third-order valence-corrected chi connectivity index (χ3v) is 5.19. The molecule has 1 atom stereocenters. The molecule has 1 aromatic carbocycles. The first kappa shape index (κ1) is 23.5. The van der Waals surface area contributed by atoms with E-state index in [9.17, 15) is 0 Å². The Morgan fingerprint density at radius 2 is 2.07 bits per heavy atom. The van der Waals surface area contributed by atoms with Gasteiger partial charge in [-0.25, -0.2) is 0 Å². The highest BCUT2D eigenvalue weighted by Crippen LogP contribution is 2.23. The van der Waals surface area contributed by atoms with Crippen LogP contribution >= 0.6 is 24.0 Å². The van der Waals surface area contributed by atoms with E-state index in [1.165, 1.54) is 42.7 Å². The molecule has 0 saturated carbocycles. The number of halogens is 1. The number of nitrogens with one attached hydrogen (secondary N) is 2. The van der Waals surface area contributed by atoms with Gasteiger partial charge in [-0.05, 0) is 62.8 Å². The average molecular weight is 510 g/mol. The molecule has 1 unspecified atom stereocenters. The van der Waals surface area contributed by atoms with Gasteiger partial charge in [-0.1, -0.05) is 12.1 Å². The Hall–Kier alpha value is -1.77. The first-order valence-corrected chi connectivity index (χ1v) is 10.5. The molecular formula is C22H35IN6. The van der Waals surface area contributed by atoms with Crippen molar-refractivity contribution in [1.29, 1.82) is 0 Å². The second-order valence-corrected chi connectivity index (χ2v) is 7.54. The Labute approximate surface area is 192 Å². The Morgan fingerprint density at radius 1 is 1.28 bits per heavy atom. The maximum absolute atomic E-state index is 4.76. The van der Waals surface area contributed by atoms with Crippen molar-refractivity contribution in [2.24, 2.45) is 12.0 Å². The summed E-state index contributed by atoms with van der Waals surface area (Å²) in [6.07, 6.45) is 8.62. The average Bonchev–Trinajstić information content (AvgIpc) is 3.37. The van der Waals surface area contributed by atoms with Crippen molar-refractivity contribution >= 4 is 35.6 Å². The molecule has 1 saturated heterocycles. The minimum atomic E-state index is 0. The van der Waals surface area contributed by atoms with Crippen LogP contribution in [-0.2, 0) is 13.5 Å². The van der Waals surface area contributed by atoms with Crippen LogP contribution in [0, 0.1) is 0 Å². The highest BCUT2D eigenvalue weighted by Gasteiger charge is 2.14. The fraction of sp³-hybridized carbons (Fsp3) is 0.545. The van der Waals surface area contributed by atoms with E-state index in [4.69, 9.17) is 4.99 Å². The lowest BCUT2D eigenvalue weighted by molar-refractivity contribution is 0.683. The van der Waals surface area contributed by atoms with Crippen LogP contribution in [0.2, 0.25) is 0 Å². The molecule has 7 heteroatoms. The summed E-state index contributed by atoms with van der Waals surface area (Å²) < 4.78 is 1.85. The molecular weight excluding hydrogens is 475 g/mol. The van der Waals surface area contributed by atoms with E-state index in [1.807, 2.05) is 17.9 Å². The molecule has 2 aromatic rings. The number of hydrogen-bond donors (Lipinski definition) is 2. The number of nitrogens with zero attached hydrogens (tertiary/aromatic N) is 4. The SMILES string of the molecule is CCNC(=NCCCc1cnn(C)c1)NC(C)c1cccc(N2CCCC2)c1.I. The van der Waals surface area contributed by atoms with Crippen LogP contribution in [0.15, 0.2) is 41.7 Å². The van der Waals surface area contributed by atoms with Crippen molar-refractivity contribution in [3.05, 3.63) is 47.8 Å². The first-order valence-electron chi connectivity index (χ1n) is 10.5. The first-order chi connectivity index (χ1) is 13.7. The summed E-state index contributed by atoms with van der Waals surface area (Å²) in [6.45, 7) is 8.30. The monoisotopic (exact) mass is 510 g/mol. The van der Waals surface area contributed by atoms with Gasteiger partial charge in [-0.15, -0.1) is 24.0 Å². The van der Waals surface area contributed by atoms with Crippen LogP contribution < -0.4 is 15.5 Å². The number of guanidine groups is 1. The lowest BCUT2D eigenvalue weighted by Crippen LogP contribution is -2.38. The Bertz CT molecular complexity index is 766. The molecule has 1 fully saturated rings. The van der Waals surface area contributed by atoms with Crippen molar-refractivity contribution in [1.82, 2.24) is 20.4 Å². The maximum atomic E-state index is 4.76. The molecule has 160 valence electrons. The van der Waals surface area contributed by atoms with E-state index >= 15 is 0 Å². The molecule has 0 spiro atoms. The molecule has 3 rings (SSSR count). The molecule has 29 heavy (non-hydrogen) atoms. The minimum absolute atomic E-state index is 0. The summed E-state index contributed by atoms with van der Waals surface area (Å²) in [5.74, 6) is 0.882. The van der Waals surface area contributed by atoms with Gasteiger partial charge in [0.15, 0.2) is 5.96 Å². The van der Waals surface area contributed by atoms with Crippen LogP contribution in [0.5, 0.6) is 0 Å². The number of aliphatic imine (C=N–C) groups is 1. The van der Waals surface area contributed by atoms with E-state index in [1.54, 1.807) is 0 Å². The number of aromatic nitrogens is 2. The molecule has 0 amide bonds. The topological polar surface area (TPSA) is 57.5 Å². The molecule has 0 aliphatic carbocycles. The smallest absolute Gasteiger partial charge is 0.191 e. The minimum Gasteiger partial charge on any atom is -0.372 e. The quantitative estimate of drug-likeness (QED) is 0.245. The van der Waals surface area contributed by atoms with Crippen LogP contribution in [0.25, 0.3) is 0 Å². The van der Waals surface area contributed by atoms with Gasteiger partial charge in [-0.2, -0.15) is 5.10 Å². The van der Waals surface area contributed by atoms with Crippen LogP contribution in [-0.4, -0.2) is 41.9 Å². The van der Waals surface area contributed by atoms with E-state index in [0.29, 0.717) is 0 Å². The largest absolute Gasteiger partial charge is 0.372 e. The van der Waals surface area contributed by atoms with Crippen molar-refractivity contribution in [3.63, 3.8) is 0 Å². The molecule has 1 aromatic heterocycles. The summed E-state index contributed by atoms with van der Waals surface area (Å²) >= 11 is 0. The lowest BCUT2D eigenvalue weighted by Gasteiger charge is -2.22. The fourth-order valence-corrected chi connectivity index (χ4v) is 3.65. The second kappa shape index (κ2) is 12.0. The second-order valence-electron chi connectivity index (χ2n) is 7.54. The summed E-state index contributed by atoms with van der Waals surface area (Å²) in [7, 11) is 1.95. The van der Waals surface area contributed by atoms with E-state index < -0.39 is 0 Å². The van der Waals surface area contributed by atoms with Gasteiger partial charge in [0.25, 0.3) is 0 Å². The standard InChI is InChI=1S/C22H34N6.HI/c1-4-23-22(24-12-8-9-19-16-25-27(3)17-19)26-18(2)20-10-7-11-21(15-20)28-13-5-6-14-28;/h7,10-11,15-18H,4-6,8-9,12-14H2,1-3H3,(H2,23,24,26);1H. The van der Waals surface area contributed by atoms with Crippen molar-refractivity contribution in [3.8, 4) is 0 Å². The third-order valence-electron chi connectivity index (χ3n) is 5.19. The van der Waals surface area contributed by atoms with Gasteiger partial charge in [0, 0.05) is 45.1 Å². The van der Waals surface area contributed by atoms with Crippen molar-refractivity contribution < 1.29 is 0 Å². The van der Waals surface area contributed by atoms with E-state index in [0.717, 1.165) is 31.9 Å². The van der Waals surface area contributed by atoms with Gasteiger partial charge in [0.05, 0.1) is 12.2 Å². The van der Waals surface area contributed by atoms with Crippen LogP contribution in [0.4, 0.5) is 5.69 Å².